The first-order valence-electron chi connectivity index (χ1n) is 15.6. The second-order valence-corrected chi connectivity index (χ2v) is 11.9. The minimum absolute atomic E-state index is 0.0556. The number of aromatic hydroxyl groups is 2. The topological polar surface area (TPSA) is 225 Å². The number of likely N-dealkylation sites (N-methyl/N-ethyl adjacent to an activating group) is 1. The summed E-state index contributed by atoms with van der Waals surface area (Å²) >= 11 is 0. The lowest BCUT2D eigenvalue weighted by Gasteiger charge is -2.29. The van der Waals surface area contributed by atoms with E-state index in [2.05, 4.69) is 11.9 Å². The molecule has 0 aromatic heterocycles. The van der Waals surface area contributed by atoms with Crippen molar-refractivity contribution in [1.29, 1.82) is 0 Å². The van der Waals surface area contributed by atoms with E-state index in [0.717, 1.165) is 0 Å². The van der Waals surface area contributed by atoms with E-state index in [-0.39, 0.29) is 41.5 Å². The smallest absolute Gasteiger partial charge is 0.405 e. The summed E-state index contributed by atoms with van der Waals surface area (Å²) in [5.41, 5.74) is 7.43. The number of carboxylic acid groups (broad SMARTS) is 1. The zero-order valence-corrected chi connectivity index (χ0v) is 28.5. The van der Waals surface area contributed by atoms with Crippen molar-refractivity contribution < 1.29 is 54.9 Å². The van der Waals surface area contributed by atoms with Crippen molar-refractivity contribution in [2.45, 2.75) is 65.8 Å². The molecule has 13 heteroatoms. The van der Waals surface area contributed by atoms with Crippen LogP contribution in [-0.2, 0) is 25.5 Å². The number of carbonyl (C=O) groups excluding carboxylic acids is 3. The highest BCUT2D eigenvalue weighted by molar-refractivity contribution is 6.04. The lowest BCUT2D eigenvalue weighted by molar-refractivity contribution is -0.622. The molecule has 47 heavy (non-hydrogen) atoms. The maximum atomic E-state index is 13.0. The molecular weight excluding hydrogens is 608 g/mol. The number of ether oxygens (including phenoxy) is 2. The van der Waals surface area contributed by atoms with Crippen LogP contribution in [-0.4, -0.2) is 78.8 Å². The molecule has 2 rings (SSSR count). The maximum Gasteiger partial charge on any atom is 0.405 e. The van der Waals surface area contributed by atoms with Gasteiger partial charge in [0.2, 0.25) is 0 Å². The number of nitrogens with two attached hydrogens (primary N) is 3. The molecule has 10 N–H and O–H groups in total. The van der Waals surface area contributed by atoms with Crippen LogP contribution in [0.15, 0.2) is 54.2 Å². The second-order valence-electron chi connectivity index (χ2n) is 11.9. The number of carbonyl (C=O) groups is 3. The number of nitrogens with one attached hydrogen (secondary N) is 1. The Hall–Kier alpha value is -4.17. The molecule has 262 valence electrons. The van der Waals surface area contributed by atoms with Crippen LogP contribution in [0.2, 0.25) is 0 Å². The molecule has 1 aliphatic rings. The molecule has 0 radical (unpaired) electrons. The van der Waals surface area contributed by atoms with Gasteiger partial charge in [0.05, 0.1) is 43.0 Å². The van der Waals surface area contributed by atoms with Gasteiger partial charge < -0.3 is 56.4 Å². The van der Waals surface area contributed by atoms with Crippen LogP contribution in [0.3, 0.4) is 0 Å². The first kappa shape index (κ1) is 40.9. The van der Waals surface area contributed by atoms with Crippen molar-refractivity contribution >= 4 is 29.3 Å². The molecule has 0 unspecified atom stereocenters. The van der Waals surface area contributed by atoms with E-state index in [4.69, 9.17) is 15.2 Å². The monoisotopic (exact) mass is 661 g/mol. The van der Waals surface area contributed by atoms with E-state index in [1.54, 1.807) is 43.6 Å². The number of hydrogen-bond acceptors (Lipinski definition) is 9. The van der Waals surface area contributed by atoms with Crippen molar-refractivity contribution in [3.8, 4) is 11.5 Å². The van der Waals surface area contributed by atoms with Gasteiger partial charge in [0, 0.05) is 30.6 Å². The Morgan fingerprint density at radius 2 is 1.87 bits per heavy atom. The third-order valence-corrected chi connectivity index (χ3v) is 7.75. The third-order valence-electron chi connectivity index (χ3n) is 7.75. The lowest BCUT2D eigenvalue weighted by atomic mass is 9.87. The fraction of sp³-hybridized carbons (Fsp3) is 0.500. The molecule has 0 saturated carbocycles. The fourth-order valence-electron chi connectivity index (χ4n) is 5.29. The normalized spacial score (nSPS) is 27.0. The minimum Gasteiger partial charge on any atom is -0.544 e. The number of aliphatic carboxylic acids is 1. The zero-order valence-electron chi connectivity index (χ0n) is 28.5. The average Bonchev–Trinajstić information content (AvgIpc) is 2.99. The van der Waals surface area contributed by atoms with Crippen molar-refractivity contribution in [2.75, 3.05) is 32.6 Å². The molecule has 1 aromatic carbocycles. The number of methoxy groups -OCH3 is 1. The number of benzene rings is 1. The van der Waals surface area contributed by atoms with Crippen molar-refractivity contribution in [2.24, 2.45) is 23.5 Å². The largest absolute Gasteiger partial charge is 0.544 e. The van der Waals surface area contributed by atoms with Gasteiger partial charge in [-0.3, -0.25) is 4.79 Å². The van der Waals surface area contributed by atoms with E-state index in [1.807, 2.05) is 33.8 Å². The van der Waals surface area contributed by atoms with Gasteiger partial charge in [0.25, 0.3) is 5.91 Å². The Kier molecular flexibility index (Phi) is 17.5. The number of quaternary nitrogens is 2. The number of rotatable bonds is 7. The standard InChI is InChI=1S/C31H45N3O7.C3H7NO2/c1-8-12-33-26-22-13-17(2)14-25(40-7)27(36)20(5)15-21(6)29(41-31(32)39)18(3)10-9-11-19(4)30(38)34-23(28(22)37)16-24(26)35;1-4-2-3(5)6/h8-11,15-18,20,25,27,29,33,35-37H,1,12-14H2,2-7H3,(H2,32,39)(H,34,38);4H,2H2,1H3,(H,5,6)/p+1/b10-9-,19-11+,21-15+;/t17-,18+,20+,25+,27-,29-;/m1./s1. The van der Waals surface area contributed by atoms with Gasteiger partial charge >= 0.3 is 6.09 Å². The Bertz CT molecular complexity index is 1320. The van der Waals surface area contributed by atoms with Crippen LogP contribution in [0.1, 0.15) is 46.6 Å². The number of aliphatic hydroxyl groups is 1. The SMILES string of the molecule is C=CC[NH2+]c1c(O)cc2c(O)c1C[C@@H](C)C[C@H](OC)[C@H](O)[C@@H](C)/C=C(\C)[C@H](OC(N)=O)[C@@H](C)/C=C\C=C(/C)C(=O)N2.C[NH2+]CC(=O)[O-]. The van der Waals surface area contributed by atoms with Gasteiger partial charge in [-0.15, -0.1) is 0 Å². The summed E-state index contributed by atoms with van der Waals surface area (Å²) in [5, 5.41) is 48.8. The van der Waals surface area contributed by atoms with Crippen LogP contribution in [0.5, 0.6) is 11.5 Å². The summed E-state index contributed by atoms with van der Waals surface area (Å²) < 4.78 is 11.1. The highest BCUT2D eigenvalue weighted by Crippen LogP contribution is 2.40. The Labute approximate surface area is 277 Å². The summed E-state index contributed by atoms with van der Waals surface area (Å²) in [5.74, 6) is -2.46. The number of allylic oxidation sites excluding steroid dienone is 2. The van der Waals surface area contributed by atoms with E-state index in [0.29, 0.717) is 41.8 Å². The van der Waals surface area contributed by atoms with Crippen molar-refractivity contribution in [1.82, 2.24) is 0 Å². The molecule has 1 heterocycles. The van der Waals surface area contributed by atoms with Crippen LogP contribution in [0, 0.1) is 17.8 Å². The van der Waals surface area contributed by atoms with E-state index < -0.39 is 36.3 Å². The summed E-state index contributed by atoms with van der Waals surface area (Å²) in [6.07, 6.45) is 6.32. The van der Waals surface area contributed by atoms with Gasteiger partial charge in [0.1, 0.15) is 18.4 Å². The summed E-state index contributed by atoms with van der Waals surface area (Å²) in [4.78, 5) is 34.1. The summed E-state index contributed by atoms with van der Waals surface area (Å²) in [6.45, 7) is 13.4. The van der Waals surface area contributed by atoms with Crippen LogP contribution in [0.25, 0.3) is 0 Å². The molecule has 0 spiro atoms. The predicted molar refractivity (Wildman–Crippen MR) is 177 cm³/mol. The predicted octanol–water partition coefficient (Wildman–Crippen LogP) is 0.490. The van der Waals surface area contributed by atoms with Gasteiger partial charge in [-0.1, -0.05) is 51.7 Å². The summed E-state index contributed by atoms with van der Waals surface area (Å²) in [6, 6.07) is 1.33. The van der Waals surface area contributed by atoms with Crippen LogP contribution in [0.4, 0.5) is 16.2 Å². The molecule has 0 aliphatic carbocycles. The third kappa shape index (κ3) is 13.2. The highest BCUT2D eigenvalue weighted by Gasteiger charge is 2.30. The lowest BCUT2D eigenvalue weighted by Crippen LogP contribution is -2.82. The molecule has 0 saturated heterocycles. The first-order chi connectivity index (χ1) is 22.1. The molecular formula is C34H53N4O9+. The first-order valence-corrected chi connectivity index (χ1v) is 15.6. The molecule has 13 nitrogen and oxygen atoms in total. The number of primary amides is 1. The van der Waals surface area contributed by atoms with Crippen LogP contribution < -0.4 is 26.8 Å². The Morgan fingerprint density at radius 3 is 2.40 bits per heavy atom. The van der Waals surface area contributed by atoms with Gasteiger partial charge in [-0.05, 0) is 44.3 Å². The zero-order chi connectivity index (χ0) is 35.8. The van der Waals surface area contributed by atoms with E-state index in [9.17, 15) is 34.8 Å². The molecule has 6 atom stereocenters. The Balaban J connectivity index is 0.00000167. The van der Waals surface area contributed by atoms with Crippen LogP contribution >= 0.6 is 0 Å². The number of carboxylic acids is 1. The second kappa shape index (κ2) is 20.1. The maximum absolute atomic E-state index is 13.0. The van der Waals surface area contributed by atoms with Gasteiger partial charge in [-0.2, -0.15) is 0 Å². The van der Waals surface area contributed by atoms with Crippen molar-refractivity contribution in [3.63, 3.8) is 0 Å². The molecule has 1 aromatic rings. The number of phenols is 2. The molecule has 2 bridgehead atoms. The number of hydrogen-bond donors (Lipinski definition) is 7. The number of fused-ring (bicyclic) bond motifs is 2. The quantitative estimate of drug-likeness (QED) is 0.0933. The molecule has 1 aliphatic heterocycles. The number of phenolic OH excluding ortho intramolecular Hbond substituents is 2. The minimum atomic E-state index is -1.02. The summed E-state index contributed by atoms with van der Waals surface area (Å²) in [7, 11) is 3.21. The number of aliphatic hydroxyl groups excluding tert-OH is 1. The van der Waals surface area contributed by atoms with Gasteiger partial charge in [0.15, 0.2) is 11.4 Å². The molecule has 0 fully saturated rings. The van der Waals surface area contributed by atoms with Crippen molar-refractivity contribution in [3.05, 3.63) is 59.7 Å². The molecule has 2 amide bonds. The highest BCUT2D eigenvalue weighted by atomic mass is 16.6. The number of amides is 2. The van der Waals surface area contributed by atoms with Gasteiger partial charge in [-0.25, -0.2) is 4.79 Å². The number of anilines is 1. The van der Waals surface area contributed by atoms with E-state index in [1.165, 1.54) is 18.5 Å². The van der Waals surface area contributed by atoms with E-state index >= 15 is 0 Å². The Morgan fingerprint density at radius 1 is 1.21 bits per heavy atom. The average molecular weight is 662 g/mol. The fourth-order valence-corrected chi connectivity index (χ4v) is 5.29.